The monoisotopic (exact) mass is 483 g/mol. The van der Waals surface area contributed by atoms with Crippen molar-refractivity contribution in [2.75, 3.05) is 0 Å². The number of aromatic nitrogens is 1. The van der Waals surface area contributed by atoms with E-state index in [0.29, 0.717) is 22.3 Å². The Balaban J connectivity index is 1.75. The molecule has 5 heteroatoms. The number of benzene rings is 3. The Morgan fingerprint density at radius 3 is 2.38 bits per heavy atom. The standard InChI is InChI=1S/C24H16BrCl2NO/c25-20-7-3-1-5-17(20)11-14-22(29)23-19-6-2-4-8-21(19)28(24(23)27)15-16-9-12-18(26)13-10-16/h1-14H,15H2/b14-11+. The smallest absolute Gasteiger partial charge is 0.189 e. The minimum Gasteiger partial charge on any atom is -0.327 e. The first-order valence-corrected chi connectivity index (χ1v) is 10.6. The molecule has 0 saturated heterocycles. The van der Waals surface area contributed by atoms with Crippen LogP contribution in [-0.4, -0.2) is 10.4 Å². The lowest BCUT2D eigenvalue weighted by Crippen LogP contribution is -2.01. The summed E-state index contributed by atoms with van der Waals surface area (Å²) in [5, 5.41) is 1.96. The summed E-state index contributed by atoms with van der Waals surface area (Å²) in [6, 6.07) is 23.1. The second-order valence-corrected chi connectivity index (χ2v) is 8.26. The first-order valence-electron chi connectivity index (χ1n) is 9.02. The van der Waals surface area contributed by atoms with Gasteiger partial charge in [0.2, 0.25) is 0 Å². The van der Waals surface area contributed by atoms with Gasteiger partial charge in [0.05, 0.1) is 11.1 Å². The molecule has 0 atom stereocenters. The molecule has 0 bridgehead atoms. The van der Waals surface area contributed by atoms with Crippen LogP contribution < -0.4 is 0 Å². The van der Waals surface area contributed by atoms with Gasteiger partial charge >= 0.3 is 0 Å². The van der Waals surface area contributed by atoms with Crippen molar-refractivity contribution < 1.29 is 4.79 Å². The molecule has 1 heterocycles. The molecule has 0 aliphatic carbocycles. The summed E-state index contributed by atoms with van der Waals surface area (Å²) in [6.45, 7) is 0.553. The maximum absolute atomic E-state index is 13.1. The highest BCUT2D eigenvalue weighted by molar-refractivity contribution is 9.10. The zero-order valence-electron chi connectivity index (χ0n) is 15.3. The molecule has 29 heavy (non-hydrogen) atoms. The van der Waals surface area contributed by atoms with Crippen LogP contribution in [0, 0.1) is 0 Å². The molecule has 0 aliphatic heterocycles. The van der Waals surface area contributed by atoms with E-state index >= 15 is 0 Å². The predicted molar refractivity (Wildman–Crippen MR) is 125 cm³/mol. The van der Waals surface area contributed by atoms with Crippen molar-refractivity contribution in [3.63, 3.8) is 0 Å². The van der Waals surface area contributed by atoms with Gasteiger partial charge in [-0.05, 0) is 47.5 Å². The average Bonchev–Trinajstić information content (AvgIpc) is 3.00. The highest BCUT2D eigenvalue weighted by Crippen LogP contribution is 2.32. The zero-order chi connectivity index (χ0) is 20.4. The van der Waals surface area contributed by atoms with Crippen LogP contribution in [0.3, 0.4) is 0 Å². The molecule has 3 aromatic carbocycles. The number of hydrogen-bond donors (Lipinski definition) is 0. The molecule has 1 aromatic heterocycles. The van der Waals surface area contributed by atoms with E-state index in [1.54, 1.807) is 12.2 Å². The topological polar surface area (TPSA) is 22.0 Å². The molecule has 0 aliphatic rings. The van der Waals surface area contributed by atoms with Crippen LogP contribution in [0.15, 0.2) is 83.3 Å². The third-order valence-electron chi connectivity index (χ3n) is 4.73. The molecule has 0 saturated carbocycles. The Labute approximate surface area is 187 Å². The average molecular weight is 485 g/mol. The van der Waals surface area contributed by atoms with Crippen LogP contribution >= 0.6 is 39.1 Å². The van der Waals surface area contributed by atoms with Crippen LogP contribution in [0.4, 0.5) is 0 Å². The lowest BCUT2D eigenvalue weighted by Gasteiger charge is -2.07. The van der Waals surface area contributed by atoms with Crippen molar-refractivity contribution in [3.8, 4) is 0 Å². The van der Waals surface area contributed by atoms with Crippen molar-refractivity contribution in [1.82, 2.24) is 4.57 Å². The number of nitrogens with zero attached hydrogens (tertiary/aromatic N) is 1. The summed E-state index contributed by atoms with van der Waals surface area (Å²) < 4.78 is 2.89. The van der Waals surface area contributed by atoms with Crippen LogP contribution in [0.1, 0.15) is 21.5 Å². The number of hydrogen-bond acceptors (Lipinski definition) is 1. The lowest BCUT2D eigenvalue weighted by atomic mass is 10.1. The van der Waals surface area contributed by atoms with Gasteiger partial charge in [0.25, 0.3) is 0 Å². The van der Waals surface area contributed by atoms with Crippen molar-refractivity contribution >= 4 is 61.9 Å². The number of carbonyl (C=O) groups excluding carboxylic acids is 1. The Morgan fingerprint density at radius 1 is 0.931 bits per heavy atom. The summed E-state index contributed by atoms with van der Waals surface area (Å²) in [4.78, 5) is 13.1. The van der Waals surface area contributed by atoms with E-state index in [9.17, 15) is 4.79 Å². The number of rotatable bonds is 5. The van der Waals surface area contributed by atoms with E-state index in [1.165, 1.54) is 0 Å². The first kappa shape index (κ1) is 20.0. The molecular weight excluding hydrogens is 469 g/mol. The second kappa shape index (κ2) is 8.58. The summed E-state index contributed by atoms with van der Waals surface area (Å²) in [5.41, 5.74) is 3.42. The minimum atomic E-state index is -0.128. The van der Waals surface area contributed by atoms with Gasteiger partial charge in [-0.2, -0.15) is 0 Å². The van der Waals surface area contributed by atoms with Crippen molar-refractivity contribution in [3.05, 3.63) is 110 Å². The number of ketones is 1. The van der Waals surface area contributed by atoms with E-state index in [0.717, 1.165) is 26.5 Å². The molecule has 0 fully saturated rings. The molecule has 0 spiro atoms. The summed E-state index contributed by atoms with van der Waals surface area (Å²) in [6.07, 6.45) is 3.37. The maximum Gasteiger partial charge on any atom is 0.189 e. The first-order chi connectivity index (χ1) is 14.0. The van der Waals surface area contributed by atoms with Gasteiger partial charge in [-0.15, -0.1) is 0 Å². The Morgan fingerprint density at radius 2 is 1.62 bits per heavy atom. The number of halogens is 3. The second-order valence-electron chi connectivity index (χ2n) is 6.61. The Hall–Kier alpha value is -2.33. The van der Waals surface area contributed by atoms with E-state index in [1.807, 2.05) is 77.4 Å². The molecule has 0 unspecified atom stereocenters. The highest BCUT2D eigenvalue weighted by atomic mass is 79.9. The van der Waals surface area contributed by atoms with Crippen LogP contribution in [0.25, 0.3) is 17.0 Å². The summed E-state index contributed by atoms with van der Waals surface area (Å²) >= 11 is 16.2. The van der Waals surface area contributed by atoms with Gasteiger partial charge in [0.15, 0.2) is 5.78 Å². The SMILES string of the molecule is O=C(/C=C/c1ccccc1Br)c1c(Cl)n(Cc2ccc(Cl)cc2)c2ccccc12. The van der Waals surface area contributed by atoms with E-state index in [2.05, 4.69) is 15.9 Å². The van der Waals surface area contributed by atoms with Crippen LogP contribution in [0.2, 0.25) is 10.2 Å². The van der Waals surface area contributed by atoms with Crippen LogP contribution in [0.5, 0.6) is 0 Å². The van der Waals surface area contributed by atoms with Gasteiger partial charge < -0.3 is 4.57 Å². The van der Waals surface area contributed by atoms with Gasteiger partial charge in [-0.25, -0.2) is 0 Å². The largest absolute Gasteiger partial charge is 0.327 e. The fourth-order valence-electron chi connectivity index (χ4n) is 3.29. The van der Waals surface area contributed by atoms with Gasteiger partial charge in [-0.3, -0.25) is 4.79 Å². The van der Waals surface area contributed by atoms with Crippen molar-refractivity contribution in [1.29, 1.82) is 0 Å². The Bertz CT molecular complexity index is 1230. The zero-order valence-corrected chi connectivity index (χ0v) is 18.4. The third kappa shape index (κ3) is 4.18. The molecule has 0 radical (unpaired) electrons. The normalized spacial score (nSPS) is 11.4. The molecule has 2 nitrogen and oxygen atoms in total. The quantitative estimate of drug-likeness (QED) is 0.210. The van der Waals surface area contributed by atoms with E-state index in [4.69, 9.17) is 23.2 Å². The van der Waals surface area contributed by atoms with Gasteiger partial charge in [-0.1, -0.05) is 87.7 Å². The maximum atomic E-state index is 13.1. The fraction of sp³-hybridized carbons (Fsp3) is 0.0417. The van der Waals surface area contributed by atoms with Crippen molar-refractivity contribution in [2.45, 2.75) is 6.54 Å². The molecule has 0 amide bonds. The van der Waals surface area contributed by atoms with E-state index in [-0.39, 0.29) is 5.78 Å². The molecule has 0 N–H and O–H groups in total. The molecule has 144 valence electrons. The summed E-state index contributed by atoms with van der Waals surface area (Å²) in [5.74, 6) is -0.128. The van der Waals surface area contributed by atoms with Crippen molar-refractivity contribution in [2.24, 2.45) is 0 Å². The fourth-order valence-corrected chi connectivity index (χ4v) is 4.18. The molecular formula is C24H16BrCl2NO. The number of allylic oxidation sites excluding steroid dienone is 1. The van der Waals surface area contributed by atoms with Gasteiger partial charge in [0.1, 0.15) is 5.15 Å². The number of carbonyl (C=O) groups is 1. The predicted octanol–water partition coefficient (Wildman–Crippen LogP) is 7.66. The molecule has 4 rings (SSSR count). The van der Waals surface area contributed by atoms with E-state index < -0.39 is 0 Å². The molecule has 4 aromatic rings. The highest BCUT2D eigenvalue weighted by Gasteiger charge is 2.20. The summed E-state index contributed by atoms with van der Waals surface area (Å²) in [7, 11) is 0. The van der Waals surface area contributed by atoms with Crippen LogP contribution in [-0.2, 0) is 6.54 Å². The van der Waals surface area contributed by atoms with Gasteiger partial charge in [0, 0.05) is 21.4 Å². The number of fused-ring (bicyclic) bond motifs is 1. The lowest BCUT2D eigenvalue weighted by molar-refractivity contribution is 0.104. The minimum absolute atomic E-state index is 0.128. The Kier molecular flexibility index (Phi) is 5.91. The third-order valence-corrected chi connectivity index (χ3v) is 6.09. The number of para-hydroxylation sites is 1.